The van der Waals surface area contributed by atoms with E-state index in [0.29, 0.717) is 12.5 Å². The van der Waals surface area contributed by atoms with Gasteiger partial charge in [-0.25, -0.2) is 4.98 Å². The molecule has 5 nitrogen and oxygen atoms in total. The maximum Gasteiger partial charge on any atom is 0.251 e. The van der Waals surface area contributed by atoms with Crippen LogP contribution in [0.1, 0.15) is 39.5 Å². The van der Waals surface area contributed by atoms with Crippen molar-refractivity contribution in [3.05, 3.63) is 71.2 Å². The topological polar surface area (TPSA) is 58.4 Å². The molecule has 0 radical (unpaired) electrons. The molecule has 1 fully saturated rings. The number of nitrogens with zero attached hydrogens (tertiary/aromatic N) is 2. The minimum absolute atomic E-state index is 0.0317. The molecular formula is C20H22N4O. The molecule has 0 bridgehead atoms. The summed E-state index contributed by atoms with van der Waals surface area (Å²) in [5.41, 5.74) is 4.84. The van der Waals surface area contributed by atoms with Crippen LogP contribution in [-0.2, 0) is 6.54 Å². The van der Waals surface area contributed by atoms with Gasteiger partial charge in [0, 0.05) is 24.5 Å². The van der Waals surface area contributed by atoms with Gasteiger partial charge in [0.2, 0.25) is 0 Å². The summed E-state index contributed by atoms with van der Waals surface area (Å²) in [5.74, 6) is 0.385. The SMILES string of the molecule is Cc1ccc2nc(CNC(=O)c3ccccc3[C@H]3CCNC3)cn2c1. The zero-order valence-corrected chi connectivity index (χ0v) is 14.3. The largest absolute Gasteiger partial charge is 0.346 e. The summed E-state index contributed by atoms with van der Waals surface area (Å²) in [6, 6.07) is 11.9. The smallest absolute Gasteiger partial charge is 0.251 e. The first kappa shape index (κ1) is 15.8. The van der Waals surface area contributed by atoms with E-state index in [1.54, 1.807) is 0 Å². The third-order valence-electron chi connectivity index (χ3n) is 4.78. The molecule has 0 unspecified atom stereocenters. The molecule has 3 aromatic rings. The van der Waals surface area contributed by atoms with Gasteiger partial charge < -0.3 is 15.0 Å². The first-order chi connectivity index (χ1) is 12.2. The number of aryl methyl sites for hydroxylation is 1. The van der Waals surface area contributed by atoms with E-state index in [9.17, 15) is 4.79 Å². The lowest BCUT2D eigenvalue weighted by Crippen LogP contribution is -2.25. The Morgan fingerprint density at radius 3 is 3.00 bits per heavy atom. The van der Waals surface area contributed by atoms with Gasteiger partial charge in [0.1, 0.15) is 5.65 Å². The van der Waals surface area contributed by atoms with E-state index in [1.165, 1.54) is 5.56 Å². The number of rotatable bonds is 4. The molecule has 2 N–H and O–H groups in total. The molecular weight excluding hydrogens is 312 g/mol. The van der Waals surface area contributed by atoms with Gasteiger partial charge in [-0.15, -0.1) is 0 Å². The van der Waals surface area contributed by atoms with E-state index in [4.69, 9.17) is 0 Å². The number of hydrogen-bond acceptors (Lipinski definition) is 3. The standard InChI is InChI=1S/C20H22N4O/c1-14-6-7-19-23-16(13-24(19)12-14)11-22-20(25)18-5-3-2-4-17(18)15-8-9-21-10-15/h2-7,12-13,15,21H,8-11H2,1H3,(H,22,25)/t15-/m0/s1. The molecule has 25 heavy (non-hydrogen) atoms. The molecule has 5 heteroatoms. The van der Waals surface area contributed by atoms with Crippen molar-refractivity contribution in [3.8, 4) is 0 Å². The van der Waals surface area contributed by atoms with Crippen molar-refractivity contribution in [2.45, 2.75) is 25.8 Å². The average Bonchev–Trinajstić information content (AvgIpc) is 3.28. The van der Waals surface area contributed by atoms with Gasteiger partial charge in [0.05, 0.1) is 12.2 Å². The Kier molecular flexibility index (Phi) is 4.24. The van der Waals surface area contributed by atoms with E-state index in [0.717, 1.165) is 42.0 Å². The lowest BCUT2D eigenvalue weighted by molar-refractivity contribution is 0.0949. The first-order valence-corrected chi connectivity index (χ1v) is 8.73. The van der Waals surface area contributed by atoms with Crippen molar-refractivity contribution >= 4 is 11.6 Å². The van der Waals surface area contributed by atoms with E-state index >= 15 is 0 Å². The number of nitrogens with one attached hydrogen (secondary N) is 2. The van der Waals surface area contributed by atoms with E-state index < -0.39 is 0 Å². The van der Waals surface area contributed by atoms with Gasteiger partial charge in [0.25, 0.3) is 5.91 Å². The molecule has 1 aliphatic rings. The fourth-order valence-electron chi connectivity index (χ4n) is 3.49. The van der Waals surface area contributed by atoms with Crippen LogP contribution in [0.4, 0.5) is 0 Å². The highest BCUT2D eigenvalue weighted by Gasteiger charge is 2.21. The maximum atomic E-state index is 12.7. The molecule has 1 aliphatic heterocycles. The molecule has 4 rings (SSSR count). The lowest BCUT2D eigenvalue weighted by Gasteiger charge is -2.14. The van der Waals surface area contributed by atoms with Crippen molar-refractivity contribution in [1.82, 2.24) is 20.0 Å². The Labute approximate surface area is 147 Å². The average molecular weight is 334 g/mol. The Hall–Kier alpha value is -2.66. The fraction of sp³-hybridized carbons (Fsp3) is 0.300. The van der Waals surface area contributed by atoms with Gasteiger partial charge in [0.15, 0.2) is 0 Å². The number of imidazole rings is 1. The Morgan fingerprint density at radius 2 is 2.16 bits per heavy atom. The molecule has 1 amide bonds. The second-order valence-electron chi connectivity index (χ2n) is 6.66. The maximum absolute atomic E-state index is 12.7. The molecule has 1 aromatic carbocycles. The molecule has 1 atom stereocenters. The van der Waals surface area contributed by atoms with Gasteiger partial charge in [-0.2, -0.15) is 0 Å². The minimum atomic E-state index is -0.0317. The van der Waals surface area contributed by atoms with Crippen LogP contribution >= 0.6 is 0 Å². The third kappa shape index (κ3) is 3.28. The number of carbonyl (C=O) groups excluding carboxylic acids is 1. The summed E-state index contributed by atoms with van der Waals surface area (Å²) < 4.78 is 2.00. The molecule has 3 heterocycles. The van der Waals surface area contributed by atoms with E-state index in [2.05, 4.69) is 28.6 Å². The number of pyridine rings is 1. The van der Waals surface area contributed by atoms with Crippen LogP contribution < -0.4 is 10.6 Å². The van der Waals surface area contributed by atoms with Crippen LogP contribution in [0, 0.1) is 6.92 Å². The van der Waals surface area contributed by atoms with E-state index in [-0.39, 0.29) is 5.91 Å². The van der Waals surface area contributed by atoms with Crippen molar-refractivity contribution in [2.24, 2.45) is 0 Å². The summed E-state index contributed by atoms with van der Waals surface area (Å²) in [6.45, 7) is 4.43. The second kappa shape index (κ2) is 6.69. The van der Waals surface area contributed by atoms with Crippen molar-refractivity contribution in [3.63, 3.8) is 0 Å². The predicted octanol–water partition coefficient (Wildman–Crippen LogP) is 2.65. The minimum Gasteiger partial charge on any atom is -0.346 e. The first-order valence-electron chi connectivity index (χ1n) is 8.73. The Bertz CT molecular complexity index is 909. The van der Waals surface area contributed by atoms with Crippen LogP contribution in [0.3, 0.4) is 0 Å². The summed E-state index contributed by atoms with van der Waals surface area (Å²) in [7, 11) is 0. The van der Waals surface area contributed by atoms with Crippen LogP contribution in [0.2, 0.25) is 0 Å². The van der Waals surface area contributed by atoms with Gasteiger partial charge >= 0.3 is 0 Å². The number of amides is 1. The van der Waals surface area contributed by atoms with Crippen molar-refractivity contribution in [2.75, 3.05) is 13.1 Å². The third-order valence-corrected chi connectivity index (χ3v) is 4.78. The van der Waals surface area contributed by atoms with Crippen molar-refractivity contribution in [1.29, 1.82) is 0 Å². The number of hydrogen-bond donors (Lipinski definition) is 2. The molecule has 128 valence electrons. The monoisotopic (exact) mass is 334 g/mol. The quantitative estimate of drug-likeness (QED) is 0.771. The summed E-state index contributed by atoms with van der Waals surface area (Å²) in [4.78, 5) is 17.3. The normalized spacial score (nSPS) is 17.1. The number of aromatic nitrogens is 2. The van der Waals surface area contributed by atoms with Gasteiger partial charge in [-0.3, -0.25) is 4.79 Å². The zero-order chi connectivity index (χ0) is 17.2. The highest BCUT2D eigenvalue weighted by molar-refractivity contribution is 5.95. The predicted molar refractivity (Wildman–Crippen MR) is 97.8 cm³/mol. The van der Waals surface area contributed by atoms with Gasteiger partial charge in [-0.05, 0) is 49.1 Å². The van der Waals surface area contributed by atoms with Crippen LogP contribution in [0.15, 0.2) is 48.8 Å². The number of benzene rings is 1. The van der Waals surface area contributed by atoms with Crippen LogP contribution in [0.25, 0.3) is 5.65 Å². The van der Waals surface area contributed by atoms with Crippen molar-refractivity contribution < 1.29 is 4.79 Å². The Morgan fingerprint density at radius 1 is 1.28 bits per heavy atom. The van der Waals surface area contributed by atoms with Gasteiger partial charge in [-0.1, -0.05) is 24.3 Å². The summed E-state index contributed by atoms with van der Waals surface area (Å²) in [5, 5.41) is 6.39. The van der Waals surface area contributed by atoms with Crippen LogP contribution in [0.5, 0.6) is 0 Å². The zero-order valence-electron chi connectivity index (χ0n) is 14.3. The molecule has 2 aromatic heterocycles. The number of carbonyl (C=O) groups is 1. The fourth-order valence-corrected chi connectivity index (χ4v) is 3.49. The van der Waals surface area contributed by atoms with Crippen LogP contribution in [-0.4, -0.2) is 28.4 Å². The summed E-state index contributed by atoms with van der Waals surface area (Å²) in [6.07, 6.45) is 5.08. The molecule has 0 saturated carbocycles. The lowest BCUT2D eigenvalue weighted by atomic mass is 9.93. The molecule has 0 aliphatic carbocycles. The highest BCUT2D eigenvalue weighted by Crippen LogP contribution is 2.25. The highest BCUT2D eigenvalue weighted by atomic mass is 16.1. The Balaban J connectivity index is 1.50. The summed E-state index contributed by atoms with van der Waals surface area (Å²) >= 11 is 0. The molecule has 0 spiro atoms. The molecule has 1 saturated heterocycles. The van der Waals surface area contributed by atoms with E-state index in [1.807, 2.05) is 47.1 Å². The second-order valence-corrected chi connectivity index (χ2v) is 6.66. The number of fused-ring (bicyclic) bond motifs is 1.